The van der Waals surface area contributed by atoms with Crippen LogP contribution in [0.15, 0.2) is 66.7 Å². The number of nitrogens with one attached hydrogen (secondary N) is 1. The number of nitrogens with zero attached hydrogens (tertiary/aromatic N) is 2. The van der Waals surface area contributed by atoms with Crippen molar-refractivity contribution in [3.63, 3.8) is 0 Å². The fraction of sp³-hybridized carbons (Fsp3) is 0.472. The van der Waals surface area contributed by atoms with Crippen molar-refractivity contribution in [3.05, 3.63) is 99.3 Å². The molecule has 0 radical (unpaired) electrons. The summed E-state index contributed by atoms with van der Waals surface area (Å²) in [7, 11) is 0. The lowest BCUT2D eigenvalue weighted by Gasteiger charge is -2.37. The molecule has 2 atom stereocenters. The van der Waals surface area contributed by atoms with E-state index >= 15 is 0 Å². The van der Waals surface area contributed by atoms with E-state index in [0.717, 1.165) is 50.4 Å². The number of carbonyl (C=O) groups excluding carboxylic acids is 1. The topological polar surface area (TPSA) is 35.6 Å². The number of carbonyl (C=O) groups is 1. The third-order valence-electron chi connectivity index (χ3n) is 9.13. The van der Waals surface area contributed by atoms with Gasteiger partial charge in [0.05, 0.1) is 15.7 Å². The number of piperidine rings is 2. The Hall–Kier alpha value is -1.86. The van der Waals surface area contributed by atoms with E-state index in [1.54, 1.807) is 11.0 Å². The van der Waals surface area contributed by atoms with Crippen LogP contribution in [0.2, 0.25) is 10.0 Å². The highest BCUT2D eigenvalue weighted by Crippen LogP contribution is 2.39. The van der Waals surface area contributed by atoms with Crippen molar-refractivity contribution in [2.24, 2.45) is 17.8 Å². The van der Waals surface area contributed by atoms with Crippen molar-refractivity contribution in [1.29, 1.82) is 0 Å². The number of aryl methyl sites for hydroxylation is 1. The molecule has 3 aromatic carbocycles. The van der Waals surface area contributed by atoms with Crippen molar-refractivity contribution < 1.29 is 9.18 Å². The van der Waals surface area contributed by atoms with Gasteiger partial charge in [0.15, 0.2) is 0 Å². The lowest BCUT2D eigenvalue weighted by molar-refractivity contribution is -0.124. The lowest BCUT2D eigenvalue weighted by atomic mass is 9.85. The molecule has 2 saturated heterocycles. The van der Waals surface area contributed by atoms with Gasteiger partial charge in [-0.1, -0.05) is 78.7 Å². The van der Waals surface area contributed by atoms with E-state index in [2.05, 4.69) is 40.5 Å². The number of benzene rings is 3. The van der Waals surface area contributed by atoms with E-state index < -0.39 is 0 Å². The first-order valence-electron chi connectivity index (χ1n) is 15.9. The summed E-state index contributed by atoms with van der Waals surface area (Å²) in [4.78, 5) is 17.5. The molecule has 0 spiro atoms. The zero-order valence-corrected chi connectivity index (χ0v) is 29.2. The standard InChI is InChI=1S/C36H44Cl2FN3O.2ClH/c1-26-20-30(21-31-11-5-6-12-34(31)39)25-42(36(26)43)35-32(37)22-29(23-33(35)38)10-7-16-40-17-13-27-14-18-41(19-15-27)24-28-8-3-2-4-9-28;;/h2-6,8-9,11-12,22-23,26-27,30,40H,7,10,13-21,24-25H2,1H3;2*1H/t26-,30-;;/m1../s1. The van der Waals surface area contributed by atoms with Crippen molar-refractivity contribution in [1.82, 2.24) is 10.2 Å². The van der Waals surface area contributed by atoms with Crippen LogP contribution in [-0.4, -0.2) is 43.5 Å². The zero-order valence-electron chi connectivity index (χ0n) is 26.0. The molecule has 45 heavy (non-hydrogen) atoms. The van der Waals surface area contributed by atoms with E-state index in [-0.39, 0.29) is 48.4 Å². The van der Waals surface area contributed by atoms with Gasteiger partial charge in [0.25, 0.3) is 0 Å². The molecule has 0 aliphatic carbocycles. The minimum Gasteiger partial charge on any atom is -0.317 e. The second-order valence-corrected chi connectivity index (χ2v) is 13.3. The van der Waals surface area contributed by atoms with E-state index in [1.165, 1.54) is 44.0 Å². The summed E-state index contributed by atoms with van der Waals surface area (Å²) in [6.07, 6.45) is 6.94. The Labute approximate surface area is 290 Å². The third kappa shape index (κ3) is 10.6. The molecule has 9 heteroatoms. The third-order valence-corrected chi connectivity index (χ3v) is 9.71. The van der Waals surface area contributed by atoms with Crippen molar-refractivity contribution in [2.75, 3.05) is 37.6 Å². The van der Waals surface area contributed by atoms with E-state index in [4.69, 9.17) is 23.2 Å². The molecule has 2 fully saturated rings. The van der Waals surface area contributed by atoms with Gasteiger partial charge in [-0.15, -0.1) is 24.8 Å². The monoisotopic (exact) mass is 695 g/mol. The molecule has 5 rings (SSSR count). The van der Waals surface area contributed by atoms with Gasteiger partial charge in [0, 0.05) is 19.0 Å². The van der Waals surface area contributed by atoms with Gasteiger partial charge in [0.1, 0.15) is 5.82 Å². The van der Waals surface area contributed by atoms with Gasteiger partial charge in [-0.25, -0.2) is 4.39 Å². The number of hydrogen-bond acceptors (Lipinski definition) is 3. The molecular formula is C36H46Cl4FN3O. The van der Waals surface area contributed by atoms with Crippen LogP contribution in [-0.2, 0) is 24.2 Å². The Bertz CT molecular complexity index is 1330. The molecule has 4 nitrogen and oxygen atoms in total. The number of amides is 1. The van der Waals surface area contributed by atoms with Crippen molar-refractivity contribution in [2.45, 2.75) is 58.4 Å². The first-order valence-corrected chi connectivity index (χ1v) is 16.6. The Balaban J connectivity index is 0.00000276. The van der Waals surface area contributed by atoms with Crippen LogP contribution in [0.1, 0.15) is 55.7 Å². The second-order valence-electron chi connectivity index (χ2n) is 12.5. The molecule has 2 aliphatic rings. The summed E-state index contributed by atoms with van der Waals surface area (Å²) in [5.41, 5.74) is 3.74. The molecule has 246 valence electrons. The predicted molar refractivity (Wildman–Crippen MR) is 191 cm³/mol. The van der Waals surface area contributed by atoms with Crippen molar-refractivity contribution in [3.8, 4) is 0 Å². The summed E-state index contributed by atoms with van der Waals surface area (Å²) < 4.78 is 14.3. The number of likely N-dealkylation sites (tertiary alicyclic amines) is 1. The molecule has 0 unspecified atom stereocenters. The van der Waals surface area contributed by atoms with Crippen LogP contribution < -0.4 is 10.2 Å². The minimum absolute atomic E-state index is 0. The molecule has 0 aromatic heterocycles. The smallest absolute Gasteiger partial charge is 0.229 e. The maximum Gasteiger partial charge on any atom is 0.229 e. The summed E-state index contributed by atoms with van der Waals surface area (Å²) in [5, 5.41) is 4.63. The Morgan fingerprint density at radius 3 is 2.24 bits per heavy atom. The van der Waals surface area contributed by atoms with Crippen LogP contribution in [0.25, 0.3) is 0 Å². The molecular weight excluding hydrogens is 651 g/mol. The van der Waals surface area contributed by atoms with Gasteiger partial charge in [-0.3, -0.25) is 9.69 Å². The Morgan fingerprint density at radius 2 is 1.56 bits per heavy atom. The van der Waals surface area contributed by atoms with Crippen LogP contribution in [0, 0.1) is 23.6 Å². The summed E-state index contributed by atoms with van der Waals surface area (Å²) in [6, 6.07) is 21.5. The summed E-state index contributed by atoms with van der Waals surface area (Å²) in [5.74, 6) is 0.576. The maximum atomic E-state index is 14.3. The molecule has 0 bridgehead atoms. The van der Waals surface area contributed by atoms with Crippen LogP contribution in [0.4, 0.5) is 10.1 Å². The normalized spacial score (nSPS) is 19.2. The Kier molecular flexibility index (Phi) is 15.4. The van der Waals surface area contributed by atoms with Gasteiger partial charge in [-0.05, 0) is 118 Å². The maximum absolute atomic E-state index is 14.3. The van der Waals surface area contributed by atoms with Gasteiger partial charge in [0.2, 0.25) is 5.91 Å². The summed E-state index contributed by atoms with van der Waals surface area (Å²) in [6.45, 7) is 7.84. The lowest BCUT2D eigenvalue weighted by Crippen LogP contribution is -2.45. The average molecular weight is 698 g/mol. The van der Waals surface area contributed by atoms with E-state index in [1.807, 2.05) is 31.2 Å². The number of rotatable bonds is 12. The van der Waals surface area contributed by atoms with Crippen LogP contribution >= 0.6 is 48.0 Å². The molecule has 1 amide bonds. The highest BCUT2D eigenvalue weighted by Gasteiger charge is 2.34. The first kappa shape index (κ1) is 37.6. The molecule has 2 heterocycles. The average Bonchev–Trinajstić information content (AvgIpc) is 2.99. The highest BCUT2D eigenvalue weighted by atomic mass is 35.5. The SMILES string of the molecule is C[C@@H]1C[C@H](Cc2ccccc2F)CN(c2c(Cl)cc(CCCNCCC3CCN(Cc4ccccc4)CC3)cc2Cl)C1=O.Cl.Cl. The van der Waals surface area contributed by atoms with Gasteiger partial charge in [-0.2, -0.15) is 0 Å². The highest BCUT2D eigenvalue weighted by molar-refractivity contribution is 6.40. The molecule has 2 aliphatic heterocycles. The predicted octanol–water partition coefficient (Wildman–Crippen LogP) is 9.03. The molecule has 1 N–H and O–H groups in total. The zero-order chi connectivity index (χ0) is 30.2. The largest absolute Gasteiger partial charge is 0.317 e. The van der Waals surface area contributed by atoms with Crippen molar-refractivity contribution >= 4 is 59.6 Å². The molecule has 0 saturated carbocycles. The minimum atomic E-state index is -0.201. The number of hydrogen-bond donors (Lipinski definition) is 1. The summed E-state index contributed by atoms with van der Waals surface area (Å²) >= 11 is 13.5. The van der Waals surface area contributed by atoms with Crippen LogP contribution in [0.3, 0.4) is 0 Å². The first-order chi connectivity index (χ1) is 20.9. The molecule has 3 aromatic rings. The van der Waals surface area contributed by atoms with Crippen LogP contribution in [0.5, 0.6) is 0 Å². The van der Waals surface area contributed by atoms with E-state index in [0.29, 0.717) is 34.3 Å². The van der Waals surface area contributed by atoms with Gasteiger partial charge >= 0.3 is 0 Å². The fourth-order valence-corrected chi connectivity index (χ4v) is 7.49. The second kappa shape index (κ2) is 18.5. The quantitative estimate of drug-likeness (QED) is 0.192. The van der Waals surface area contributed by atoms with Gasteiger partial charge < -0.3 is 10.2 Å². The number of anilines is 1. The number of halogens is 5. The fourth-order valence-electron chi connectivity index (χ4n) is 6.76. The van der Waals surface area contributed by atoms with E-state index in [9.17, 15) is 9.18 Å². The Morgan fingerprint density at radius 1 is 0.889 bits per heavy atom.